The molecule has 0 aliphatic rings. The first kappa shape index (κ1) is 14.0. The lowest BCUT2D eigenvalue weighted by molar-refractivity contribution is 0.0697. The van der Waals surface area contributed by atoms with Crippen LogP contribution in [0.1, 0.15) is 15.9 Å². The van der Waals surface area contributed by atoms with Gasteiger partial charge in [0.1, 0.15) is 16.9 Å². The van der Waals surface area contributed by atoms with Crippen molar-refractivity contribution in [2.75, 3.05) is 0 Å². The summed E-state index contributed by atoms with van der Waals surface area (Å²) in [6.07, 6.45) is 3.06. The molecule has 3 rings (SSSR count). The molecule has 0 saturated carbocycles. The lowest BCUT2D eigenvalue weighted by Gasteiger charge is -2.05. The van der Waals surface area contributed by atoms with Gasteiger partial charge < -0.3 is 10.1 Å². The van der Waals surface area contributed by atoms with Crippen LogP contribution < -0.4 is 0 Å². The zero-order valence-corrected chi connectivity index (χ0v) is 13.0. The number of hydrogen-bond acceptors (Lipinski definition) is 5. The molecule has 0 aliphatic heterocycles. The number of hydrogen-bond donors (Lipinski definition) is 2. The maximum absolute atomic E-state index is 10.9. The van der Waals surface area contributed by atoms with E-state index in [-0.39, 0.29) is 5.56 Å². The summed E-state index contributed by atoms with van der Waals surface area (Å²) in [5.41, 5.74) is 2.69. The third-order valence-electron chi connectivity index (χ3n) is 2.85. The highest BCUT2D eigenvalue weighted by atomic mass is 79.9. The van der Waals surface area contributed by atoms with Gasteiger partial charge in [0.2, 0.25) is 0 Å². The van der Waals surface area contributed by atoms with E-state index in [9.17, 15) is 4.79 Å². The van der Waals surface area contributed by atoms with Gasteiger partial charge in [-0.2, -0.15) is 0 Å². The Balaban J connectivity index is 1.82. The average molecular weight is 365 g/mol. The van der Waals surface area contributed by atoms with E-state index in [0.717, 1.165) is 20.6 Å². The number of nitrogens with one attached hydrogen (secondary N) is 1. The maximum Gasteiger partial charge on any atom is 0.335 e. The highest BCUT2D eigenvalue weighted by Crippen LogP contribution is 2.29. The second-order valence-electron chi connectivity index (χ2n) is 4.18. The van der Waals surface area contributed by atoms with E-state index < -0.39 is 5.97 Å². The van der Waals surface area contributed by atoms with Gasteiger partial charge in [-0.1, -0.05) is 33.8 Å². The predicted octanol–water partition coefficient (Wildman–Crippen LogP) is 3.11. The molecular weight excluding hydrogens is 356 g/mol. The van der Waals surface area contributed by atoms with Gasteiger partial charge >= 0.3 is 5.97 Å². The molecule has 3 aromatic rings. The van der Waals surface area contributed by atoms with E-state index in [1.165, 1.54) is 18.1 Å². The SMILES string of the molecule is O=C(O)c1ccc(CSc2ncnc3nc[nH]c23)c(Br)c1. The number of thioether (sulfide) groups is 1. The van der Waals surface area contributed by atoms with Gasteiger partial charge in [-0.05, 0) is 17.7 Å². The Kier molecular flexibility index (Phi) is 3.89. The van der Waals surface area contributed by atoms with Crippen LogP contribution in [-0.2, 0) is 5.75 Å². The lowest BCUT2D eigenvalue weighted by Crippen LogP contribution is -1.97. The Labute approximate surface area is 132 Å². The molecule has 0 bridgehead atoms. The van der Waals surface area contributed by atoms with Crippen molar-refractivity contribution < 1.29 is 9.90 Å². The number of aromatic amines is 1. The van der Waals surface area contributed by atoms with Crippen molar-refractivity contribution in [3.8, 4) is 0 Å². The quantitative estimate of drug-likeness (QED) is 0.545. The summed E-state index contributed by atoms with van der Waals surface area (Å²) in [6.45, 7) is 0. The molecule has 0 fully saturated rings. The predicted molar refractivity (Wildman–Crippen MR) is 82.3 cm³/mol. The molecule has 1 aromatic carbocycles. The second kappa shape index (κ2) is 5.82. The van der Waals surface area contributed by atoms with Crippen molar-refractivity contribution >= 4 is 44.8 Å². The van der Waals surface area contributed by atoms with Crippen LogP contribution >= 0.6 is 27.7 Å². The largest absolute Gasteiger partial charge is 0.478 e. The molecule has 2 heterocycles. The van der Waals surface area contributed by atoms with Gasteiger partial charge in [-0.15, -0.1) is 0 Å². The molecule has 6 nitrogen and oxygen atoms in total. The van der Waals surface area contributed by atoms with Crippen molar-refractivity contribution in [1.82, 2.24) is 19.9 Å². The Morgan fingerprint density at radius 1 is 1.33 bits per heavy atom. The molecule has 0 unspecified atom stereocenters. The van der Waals surface area contributed by atoms with E-state index in [4.69, 9.17) is 5.11 Å². The molecule has 0 amide bonds. The highest BCUT2D eigenvalue weighted by Gasteiger charge is 2.10. The van der Waals surface area contributed by atoms with Crippen LogP contribution in [0.2, 0.25) is 0 Å². The number of carboxylic acid groups (broad SMARTS) is 1. The minimum absolute atomic E-state index is 0.258. The Morgan fingerprint density at radius 2 is 2.19 bits per heavy atom. The van der Waals surface area contributed by atoms with Gasteiger partial charge in [0.05, 0.1) is 11.9 Å². The van der Waals surface area contributed by atoms with Gasteiger partial charge in [-0.25, -0.2) is 19.7 Å². The van der Waals surface area contributed by atoms with E-state index >= 15 is 0 Å². The normalized spacial score (nSPS) is 10.9. The van der Waals surface area contributed by atoms with Crippen LogP contribution in [0.25, 0.3) is 11.2 Å². The van der Waals surface area contributed by atoms with Crippen LogP contribution in [0, 0.1) is 0 Å². The summed E-state index contributed by atoms with van der Waals surface area (Å²) in [5, 5.41) is 9.76. The number of carbonyl (C=O) groups is 1. The first-order valence-corrected chi connectivity index (χ1v) is 7.71. The van der Waals surface area contributed by atoms with Crippen LogP contribution in [0.15, 0.2) is 40.4 Å². The van der Waals surface area contributed by atoms with Gasteiger partial charge in [0.15, 0.2) is 5.65 Å². The molecule has 0 aliphatic carbocycles. The van der Waals surface area contributed by atoms with Crippen LogP contribution in [0.5, 0.6) is 0 Å². The zero-order valence-electron chi connectivity index (χ0n) is 10.6. The van der Waals surface area contributed by atoms with Crippen LogP contribution in [-0.4, -0.2) is 31.0 Å². The maximum atomic E-state index is 10.9. The molecule has 2 N–H and O–H groups in total. The van der Waals surface area contributed by atoms with E-state index in [1.54, 1.807) is 24.5 Å². The molecule has 0 atom stereocenters. The highest BCUT2D eigenvalue weighted by molar-refractivity contribution is 9.10. The molecule has 8 heteroatoms. The van der Waals surface area contributed by atoms with E-state index in [0.29, 0.717) is 11.4 Å². The first-order valence-electron chi connectivity index (χ1n) is 5.94. The number of benzene rings is 1. The van der Waals surface area contributed by atoms with Gasteiger partial charge in [0.25, 0.3) is 0 Å². The third-order valence-corrected chi connectivity index (χ3v) is 4.63. The second-order valence-corrected chi connectivity index (χ2v) is 6.00. The molecular formula is C13H9BrN4O2S. The fourth-order valence-corrected chi connectivity index (χ4v) is 3.46. The summed E-state index contributed by atoms with van der Waals surface area (Å²) < 4.78 is 0.768. The molecule has 106 valence electrons. The number of halogens is 1. The summed E-state index contributed by atoms with van der Waals surface area (Å²) in [5.74, 6) is -0.282. The number of carboxylic acids is 1. The third kappa shape index (κ3) is 2.91. The smallest absolute Gasteiger partial charge is 0.335 e. The minimum atomic E-state index is -0.940. The number of aromatic carboxylic acids is 1. The monoisotopic (exact) mass is 364 g/mol. The number of rotatable bonds is 4. The Morgan fingerprint density at radius 3 is 2.95 bits per heavy atom. The molecule has 0 saturated heterocycles. The Bertz CT molecular complexity index is 821. The standard InChI is InChI=1S/C13H9BrN4O2S/c14-9-3-7(13(19)20)1-2-8(9)4-21-12-10-11(16-5-15-10)17-6-18-12/h1-3,5-6H,4H2,(H,19,20)(H,15,16,17,18). The molecule has 0 radical (unpaired) electrons. The number of nitrogens with zero attached hydrogens (tertiary/aromatic N) is 3. The number of H-pyrrole nitrogens is 1. The summed E-state index contributed by atoms with van der Waals surface area (Å²) in [4.78, 5) is 26.3. The summed E-state index contributed by atoms with van der Waals surface area (Å²) >= 11 is 4.94. The molecule has 2 aromatic heterocycles. The van der Waals surface area contributed by atoms with Gasteiger partial charge in [-0.3, -0.25) is 0 Å². The van der Waals surface area contributed by atoms with Crippen molar-refractivity contribution in [3.05, 3.63) is 46.5 Å². The fourth-order valence-electron chi connectivity index (χ4n) is 1.80. The minimum Gasteiger partial charge on any atom is -0.478 e. The van der Waals surface area contributed by atoms with E-state index in [1.807, 2.05) is 0 Å². The Hall–Kier alpha value is -1.93. The van der Waals surface area contributed by atoms with Gasteiger partial charge in [0, 0.05) is 10.2 Å². The van der Waals surface area contributed by atoms with Crippen molar-refractivity contribution in [3.63, 3.8) is 0 Å². The average Bonchev–Trinajstić information content (AvgIpc) is 2.94. The summed E-state index contributed by atoms with van der Waals surface area (Å²) in [7, 11) is 0. The van der Waals surface area contributed by atoms with E-state index in [2.05, 4.69) is 35.9 Å². The number of aromatic nitrogens is 4. The summed E-state index contributed by atoms with van der Waals surface area (Å²) in [6, 6.07) is 4.99. The zero-order chi connectivity index (χ0) is 14.8. The topological polar surface area (TPSA) is 91.8 Å². The van der Waals surface area contributed by atoms with Crippen molar-refractivity contribution in [2.45, 2.75) is 10.8 Å². The first-order chi connectivity index (χ1) is 10.1. The molecule has 0 spiro atoms. The number of imidazole rings is 1. The molecule has 21 heavy (non-hydrogen) atoms. The van der Waals surface area contributed by atoms with Crippen LogP contribution in [0.4, 0.5) is 0 Å². The fraction of sp³-hybridized carbons (Fsp3) is 0.0769. The van der Waals surface area contributed by atoms with Crippen molar-refractivity contribution in [1.29, 1.82) is 0 Å². The lowest BCUT2D eigenvalue weighted by atomic mass is 10.1. The number of fused-ring (bicyclic) bond motifs is 1. The van der Waals surface area contributed by atoms with Crippen molar-refractivity contribution in [2.24, 2.45) is 0 Å². The van der Waals surface area contributed by atoms with Crippen LogP contribution in [0.3, 0.4) is 0 Å².